The molecule has 0 amide bonds. The van der Waals surface area contributed by atoms with Crippen molar-refractivity contribution in [3.63, 3.8) is 0 Å². The second-order valence-corrected chi connectivity index (χ2v) is 14.7. The van der Waals surface area contributed by atoms with E-state index in [1.165, 1.54) is 66.4 Å². The summed E-state index contributed by atoms with van der Waals surface area (Å²) in [5, 5.41) is 2.69. The highest BCUT2D eigenvalue weighted by molar-refractivity contribution is 6.01. The van der Waals surface area contributed by atoms with E-state index in [0.717, 1.165) is 42.7 Å². The fourth-order valence-corrected chi connectivity index (χ4v) is 8.99. The Morgan fingerprint density at radius 1 is 0.407 bits per heavy atom. The van der Waals surface area contributed by atoms with Gasteiger partial charge in [-0.1, -0.05) is 163 Å². The minimum atomic E-state index is 0.339. The Labute approximate surface area is 318 Å². The fraction of sp³-hybridized carbons (Fsp3) is 0.0943. The molecule has 0 aromatic heterocycles. The molecule has 2 aliphatic rings. The van der Waals surface area contributed by atoms with E-state index in [9.17, 15) is 0 Å². The van der Waals surface area contributed by atoms with Crippen molar-refractivity contribution >= 4 is 33.4 Å². The van der Waals surface area contributed by atoms with Gasteiger partial charge in [0.1, 0.15) is 0 Å². The summed E-state index contributed by atoms with van der Waals surface area (Å²) >= 11 is 0. The summed E-state index contributed by atoms with van der Waals surface area (Å²) in [7, 11) is 0. The van der Waals surface area contributed by atoms with Crippen LogP contribution in [0.4, 0.5) is 17.1 Å². The maximum absolute atomic E-state index is 2.43. The van der Waals surface area contributed by atoms with Crippen molar-refractivity contribution < 1.29 is 0 Å². The summed E-state index contributed by atoms with van der Waals surface area (Å²) in [6.45, 7) is 0. The summed E-state index contributed by atoms with van der Waals surface area (Å²) in [5.41, 5.74) is 18.7. The maximum atomic E-state index is 2.43. The van der Waals surface area contributed by atoms with Crippen LogP contribution < -0.4 is 4.90 Å². The molecule has 0 saturated carbocycles. The van der Waals surface area contributed by atoms with Crippen LogP contribution in [0.15, 0.2) is 200 Å². The van der Waals surface area contributed by atoms with E-state index in [1.54, 1.807) is 5.57 Å². The van der Waals surface area contributed by atoms with Gasteiger partial charge in [-0.2, -0.15) is 0 Å². The van der Waals surface area contributed by atoms with Crippen LogP contribution in [0.1, 0.15) is 53.0 Å². The van der Waals surface area contributed by atoms with Crippen LogP contribution in [-0.4, -0.2) is 0 Å². The molecular weight excluding hydrogens is 651 g/mol. The molecule has 54 heavy (non-hydrogen) atoms. The van der Waals surface area contributed by atoms with Crippen molar-refractivity contribution in [2.75, 3.05) is 4.90 Å². The molecular formula is C53H41N. The average molecular weight is 692 g/mol. The van der Waals surface area contributed by atoms with Gasteiger partial charge in [0.05, 0.1) is 0 Å². The van der Waals surface area contributed by atoms with E-state index < -0.39 is 0 Å². The van der Waals surface area contributed by atoms with Crippen LogP contribution in [0.2, 0.25) is 0 Å². The van der Waals surface area contributed by atoms with E-state index in [2.05, 4.69) is 199 Å². The number of allylic oxidation sites excluding steroid dienone is 1. The van der Waals surface area contributed by atoms with Crippen LogP contribution in [0.5, 0.6) is 0 Å². The Hall–Kier alpha value is -6.44. The summed E-state index contributed by atoms with van der Waals surface area (Å²) in [5.74, 6) is 0.339. The number of aryl methyl sites for hydroxylation is 1. The van der Waals surface area contributed by atoms with Crippen molar-refractivity contribution in [1.82, 2.24) is 0 Å². The van der Waals surface area contributed by atoms with E-state index in [-0.39, 0.29) is 0 Å². The first-order valence-electron chi connectivity index (χ1n) is 19.3. The predicted octanol–water partition coefficient (Wildman–Crippen LogP) is 14.3. The largest absolute Gasteiger partial charge is 0.311 e. The molecule has 1 nitrogen and oxygen atoms in total. The quantitative estimate of drug-likeness (QED) is 0.168. The summed E-state index contributed by atoms with van der Waals surface area (Å²) < 4.78 is 0. The third-order valence-corrected chi connectivity index (χ3v) is 11.7. The Bertz CT molecular complexity index is 2620. The standard InChI is InChI=1S/C53H41N/c1-3-11-37(12-4-1)39-25-31-46(32-26-39)54(45-15-5-2-6-16-45)47-33-27-40(28-34-47)38-19-21-43(22-20-38)48-35-30-44-24-23-41-13-7-9-17-49(41)52(44)53-50-18-10-8-14-42(50)29-36-51(48)53/h1-22,25-29,31-34,36,48H,23-24,30,35H2. The SMILES string of the molecule is c1ccc(-c2ccc(N(c3ccccc3)c3ccc(-c4ccc(C5CCC6=C(c7ccccc7CC6)c6c5ccc5ccccc65)cc4)cc3)cc2)cc1. The highest BCUT2D eigenvalue weighted by atomic mass is 15.1. The van der Waals surface area contributed by atoms with E-state index >= 15 is 0 Å². The Kier molecular flexibility index (Phi) is 8.26. The molecule has 1 unspecified atom stereocenters. The topological polar surface area (TPSA) is 3.24 Å². The van der Waals surface area contributed by atoms with E-state index in [0.29, 0.717) is 5.92 Å². The molecule has 0 N–H and O–H groups in total. The molecule has 10 rings (SSSR count). The number of benzene rings is 8. The molecule has 8 aromatic carbocycles. The number of hydrogen-bond donors (Lipinski definition) is 0. The molecule has 1 atom stereocenters. The van der Waals surface area contributed by atoms with Gasteiger partial charge in [-0.05, 0) is 128 Å². The van der Waals surface area contributed by atoms with Crippen molar-refractivity contribution in [1.29, 1.82) is 0 Å². The van der Waals surface area contributed by atoms with Crippen molar-refractivity contribution in [3.05, 3.63) is 228 Å². The molecule has 0 heterocycles. The Morgan fingerprint density at radius 2 is 0.963 bits per heavy atom. The van der Waals surface area contributed by atoms with Gasteiger partial charge in [0.25, 0.3) is 0 Å². The summed E-state index contributed by atoms with van der Waals surface area (Å²) in [4.78, 5) is 2.33. The van der Waals surface area contributed by atoms with Crippen LogP contribution in [-0.2, 0) is 6.42 Å². The molecule has 258 valence electrons. The average Bonchev–Trinajstić information content (AvgIpc) is 3.43. The zero-order chi connectivity index (χ0) is 35.8. The third kappa shape index (κ3) is 5.83. The zero-order valence-corrected chi connectivity index (χ0v) is 30.3. The summed E-state index contributed by atoms with van der Waals surface area (Å²) in [6.07, 6.45) is 4.55. The molecule has 1 heteroatoms. The van der Waals surface area contributed by atoms with Gasteiger partial charge < -0.3 is 4.90 Å². The van der Waals surface area contributed by atoms with Gasteiger partial charge in [0.15, 0.2) is 0 Å². The van der Waals surface area contributed by atoms with Gasteiger partial charge >= 0.3 is 0 Å². The number of para-hydroxylation sites is 1. The minimum Gasteiger partial charge on any atom is -0.311 e. The highest BCUT2D eigenvalue weighted by Crippen LogP contribution is 2.49. The first kappa shape index (κ1) is 32.2. The second kappa shape index (κ2) is 13.8. The fourth-order valence-electron chi connectivity index (χ4n) is 8.99. The molecule has 0 radical (unpaired) electrons. The molecule has 0 saturated heterocycles. The van der Waals surface area contributed by atoms with Crippen molar-refractivity contribution in [2.24, 2.45) is 0 Å². The lowest BCUT2D eigenvalue weighted by Crippen LogP contribution is -2.09. The molecule has 2 aliphatic carbocycles. The number of nitrogens with zero attached hydrogens (tertiary/aromatic N) is 1. The lowest BCUT2D eigenvalue weighted by Gasteiger charge is -2.26. The van der Waals surface area contributed by atoms with Gasteiger partial charge in [0, 0.05) is 23.0 Å². The normalized spacial score (nSPS) is 14.9. The number of rotatable bonds is 6. The molecule has 0 bridgehead atoms. The lowest BCUT2D eigenvalue weighted by molar-refractivity contribution is 0.699. The van der Waals surface area contributed by atoms with Crippen LogP contribution >= 0.6 is 0 Å². The van der Waals surface area contributed by atoms with Crippen LogP contribution in [0.25, 0.3) is 38.6 Å². The lowest BCUT2D eigenvalue weighted by atomic mass is 9.78. The molecule has 0 aliphatic heterocycles. The molecule has 8 aromatic rings. The molecule has 0 fully saturated rings. The predicted molar refractivity (Wildman–Crippen MR) is 228 cm³/mol. The van der Waals surface area contributed by atoms with E-state index in [1.807, 2.05) is 0 Å². The minimum absolute atomic E-state index is 0.339. The highest BCUT2D eigenvalue weighted by Gasteiger charge is 2.30. The molecule has 0 spiro atoms. The van der Waals surface area contributed by atoms with E-state index in [4.69, 9.17) is 0 Å². The monoisotopic (exact) mass is 691 g/mol. The van der Waals surface area contributed by atoms with Gasteiger partial charge in [0.2, 0.25) is 0 Å². The maximum Gasteiger partial charge on any atom is 0.0462 e. The van der Waals surface area contributed by atoms with Crippen molar-refractivity contribution in [3.8, 4) is 22.3 Å². The summed E-state index contributed by atoms with van der Waals surface area (Å²) in [6, 6.07) is 71.4. The van der Waals surface area contributed by atoms with Crippen LogP contribution in [0, 0.1) is 0 Å². The van der Waals surface area contributed by atoms with Gasteiger partial charge in [-0.3, -0.25) is 0 Å². The Balaban J connectivity index is 0.972. The van der Waals surface area contributed by atoms with Crippen molar-refractivity contribution in [2.45, 2.75) is 31.6 Å². The Morgan fingerprint density at radius 3 is 1.67 bits per heavy atom. The van der Waals surface area contributed by atoms with Gasteiger partial charge in [-0.15, -0.1) is 0 Å². The second-order valence-electron chi connectivity index (χ2n) is 14.7. The number of anilines is 3. The first-order valence-corrected chi connectivity index (χ1v) is 19.3. The number of fused-ring (bicyclic) bond motifs is 6. The smallest absolute Gasteiger partial charge is 0.0462 e. The third-order valence-electron chi connectivity index (χ3n) is 11.7. The number of hydrogen-bond acceptors (Lipinski definition) is 1. The van der Waals surface area contributed by atoms with Gasteiger partial charge in [-0.25, -0.2) is 0 Å². The zero-order valence-electron chi connectivity index (χ0n) is 30.3. The van der Waals surface area contributed by atoms with Crippen LogP contribution in [0.3, 0.4) is 0 Å². The first-order chi connectivity index (χ1) is 26.8.